The van der Waals surface area contributed by atoms with Gasteiger partial charge in [0.05, 0.1) is 0 Å². The van der Waals surface area contributed by atoms with Crippen LogP contribution < -0.4 is 5.73 Å². The smallest absolute Gasteiger partial charge is 0.0423 e. The Labute approximate surface area is 119 Å². The molecule has 18 heavy (non-hydrogen) atoms. The van der Waals surface area contributed by atoms with E-state index in [0.717, 1.165) is 10.4 Å². The van der Waals surface area contributed by atoms with Crippen LogP contribution in [0.3, 0.4) is 0 Å². The molecule has 0 aromatic heterocycles. The number of nitrogens with two attached hydrogens (primary N) is 1. The lowest BCUT2D eigenvalue weighted by Gasteiger charge is -2.43. The molecule has 0 aliphatic heterocycles. The van der Waals surface area contributed by atoms with Crippen LogP contribution in [0.1, 0.15) is 51.5 Å². The highest BCUT2D eigenvalue weighted by Crippen LogP contribution is 2.44. The van der Waals surface area contributed by atoms with E-state index in [2.05, 4.69) is 54.0 Å². The summed E-state index contributed by atoms with van der Waals surface area (Å²) < 4.78 is 1.15. The first-order chi connectivity index (χ1) is 8.57. The largest absolute Gasteiger partial charge is 0.321 e. The Bertz CT molecular complexity index is 400. The van der Waals surface area contributed by atoms with E-state index in [1.165, 1.54) is 37.7 Å². The maximum absolute atomic E-state index is 6.75. The Kier molecular flexibility index (Phi) is 4.50. The predicted molar refractivity (Wildman–Crippen MR) is 81.4 cm³/mol. The summed E-state index contributed by atoms with van der Waals surface area (Å²) in [6, 6.07) is 8.42. The van der Waals surface area contributed by atoms with E-state index in [1.807, 2.05) is 0 Å². The van der Waals surface area contributed by atoms with Gasteiger partial charge in [0.15, 0.2) is 0 Å². The second kappa shape index (κ2) is 5.75. The molecule has 3 atom stereocenters. The van der Waals surface area contributed by atoms with Crippen molar-refractivity contribution < 1.29 is 0 Å². The van der Waals surface area contributed by atoms with Crippen LogP contribution in [0.15, 0.2) is 28.7 Å². The molecule has 2 rings (SSSR count). The summed E-state index contributed by atoms with van der Waals surface area (Å²) in [4.78, 5) is 0. The van der Waals surface area contributed by atoms with E-state index < -0.39 is 0 Å². The Morgan fingerprint density at radius 3 is 2.61 bits per heavy atom. The number of rotatable bonds is 3. The standard InChI is InChI=1S/C16H24BrN/c1-3-12-8-4-5-9-13(12)16(2,18)14-10-6-7-11-15(14)17/h6-7,10-13H,3-5,8-9,18H2,1-2H3. The summed E-state index contributed by atoms with van der Waals surface area (Å²) in [7, 11) is 0. The zero-order valence-corrected chi connectivity index (χ0v) is 13.0. The van der Waals surface area contributed by atoms with Crippen molar-refractivity contribution in [2.45, 2.75) is 51.5 Å². The van der Waals surface area contributed by atoms with E-state index in [0.29, 0.717) is 5.92 Å². The van der Waals surface area contributed by atoms with E-state index in [-0.39, 0.29) is 5.54 Å². The Hall–Kier alpha value is -0.340. The van der Waals surface area contributed by atoms with E-state index in [9.17, 15) is 0 Å². The van der Waals surface area contributed by atoms with Crippen molar-refractivity contribution in [2.24, 2.45) is 17.6 Å². The maximum atomic E-state index is 6.75. The third kappa shape index (κ3) is 2.65. The summed E-state index contributed by atoms with van der Waals surface area (Å²) in [5, 5.41) is 0. The molecule has 0 heterocycles. The fraction of sp³-hybridized carbons (Fsp3) is 0.625. The molecule has 1 aromatic carbocycles. The van der Waals surface area contributed by atoms with Gasteiger partial charge >= 0.3 is 0 Å². The quantitative estimate of drug-likeness (QED) is 0.849. The van der Waals surface area contributed by atoms with Gasteiger partial charge in [-0.3, -0.25) is 0 Å². The molecule has 1 nitrogen and oxygen atoms in total. The predicted octanol–water partition coefficient (Wildman–Crippen LogP) is 4.84. The highest BCUT2D eigenvalue weighted by Gasteiger charge is 2.38. The molecule has 3 unspecified atom stereocenters. The van der Waals surface area contributed by atoms with Crippen molar-refractivity contribution >= 4 is 15.9 Å². The van der Waals surface area contributed by atoms with Crippen molar-refractivity contribution in [1.29, 1.82) is 0 Å². The molecule has 1 aliphatic carbocycles. The minimum absolute atomic E-state index is 0.221. The molecule has 0 radical (unpaired) electrons. The van der Waals surface area contributed by atoms with Gasteiger partial charge in [0.25, 0.3) is 0 Å². The van der Waals surface area contributed by atoms with Gasteiger partial charge in [-0.15, -0.1) is 0 Å². The maximum Gasteiger partial charge on any atom is 0.0423 e. The molecule has 2 N–H and O–H groups in total. The first kappa shape index (κ1) is 14.1. The lowest BCUT2D eigenvalue weighted by molar-refractivity contribution is 0.138. The molecule has 0 bridgehead atoms. The van der Waals surface area contributed by atoms with Gasteiger partial charge < -0.3 is 5.73 Å². The van der Waals surface area contributed by atoms with E-state index in [1.54, 1.807) is 0 Å². The first-order valence-electron chi connectivity index (χ1n) is 7.11. The van der Waals surface area contributed by atoms with Crippen molar-refractivity contribution in [2.75, 3.05) is 0 Å². The van der Waals surface area contributed by atoms with Crippen molar-refractivity contribution in [3.8, 4) is 0 Å². The van der Waals surface area contributed by atoms with Gasteiger partial charge in [-0.1, -0.05) is 66.7 Å². The molecule has 0 amide bonds. The molecular weight excluding hydrogens is 286 g/mol. The van der Waals surface area contributed by atoms with Gasteiger partial charge in [-0.25, -0.2) is 0 Å². The average molecular weight is 310 g/mol. The first-order valence-corrected chi connectivity index (χ1v) is 7.90. The van der Waals surface area contributed by atoms with Gasteiger partial charge in [0, 0.05) is 10.0 Å². The summed E-state index contributed by atoms with van der Waals surface area (Å²) >= 11 is 3.66. The zero-order valence-electron chi connectivity index (χ0n) is 11.5. The second-order valence-corrected chi connectivity index (χ2v) is 6.68. The highest BCUT2D eigenvalue weighted by molar-refractivity contribution is 9.10. The topological polar surface area (TPSA) is 26.0 Å². The Morgan fingerprint density at radius 1 is 1.28 bits per heavy atom. The van der Waals surface area contributed by atoms with Crippen LogP contribution in [0.5, 0.6) is 0 Å². The van der Waals surface area contributed by atoms with Crippen molar-refractivity contribution in [1.82, 2.24) is 0 Å². The monoisotopic (exact) mass is 309 g/mol. The number of hydrogen-bond acceptors (Lipinski definition) is 1. The number of halogens is 1. The molecular formula is C16H24BrN. The highest BCUT2D eigenvalue weighted by atomic mass is 79.9. The van der Waals surface area contributed by atoms with Gasteiger partial charge in [0.1, 0.15) is 0 Å². The minimum Gasteiger partial charge on any atom is -0.321 e. The fourth-order valence-electron chi connectivity index (χ4n) is 3.58. The molecule has 100 valence electrons. The lowest BCUT2D eigenvalue weighted by atomic mass is 9.66. The molecule has 1 saturated carbocycles. The molecule has 2 heteroatoms. The summed E-state index contributed by atoms with van der Waals surface area (Å²) in [6.45, 7) is 4.52. The SMILES string of the molecule is CCC1CCCCC1C(C)(N)c1ccccc1Br. The lowest BCUT2D eigenvalue weighted by Crippen LogP contribution is -2.46. The molecule has 0 spiro atoms. The van der Waals surface area contributed by atoms with E-state index in [4.69, 9.17) is 5.73 Å². The van der Waals surface area contributed by atoms with Crippen LogP contribution in [0.2, 0.25) is 0 Å². The summed E-state index contributed by atoms with van der Waals surface area (Å²) in [5.41, 5.74) is 7.79. The number of hydrogen-bond donors (Lipinski definition) is 1. The van der Waals surface area contributed by atoms with Crippen LogP contribution in [0, 0.1) is 11.8 Å². The summed E-state index contributed by atoms with van der Waals surface area (Å²) in [5.74, 6) is 1.39. The van der Waals surface area contributed by atoms with E-state index >= 15 is 0 Å². The van der Waals surface area contributed by atoms with Crippen LogP contribution in [0.4, 0.5) is 0 Å². The second-order valence-electron chi connectivity index (χ2n) is 5.82. The van der Waals surface area contributed by atoms with Crippen LogP contribution in [-0.4, -0.2) is 0 Å². The molecule has 1 aliphatic rings. The average Bonchev–Trinajstić information content (AvgIpc) is 2.39. The van der Waals surface area contributed by atoms with Crippen molar-refractivity contribution in [3.05, 3.63) is 34.3 Å². The fourth-order valence-corrected chi connectivity index (χ4v) is 4.30. The normalized spacial score (nSPS) is 27.8. The van der Waals surface area contributed by atoms with Gasteiger partial charge in [0.2, 0.25) is 0 Å². The van der Waals surface area contributed by atoms with Crippen LogP contribution in [-0.2, 0) is 5.54 Å². The minimum atomic E-state index is -0.221. The van der Waals surface area contributed by atoms with Crippen LogP contribution in [0.25, 0.3) is 0 Å². The Balaban J connectivity index is 2.31. The Morgan fingerprint density at radius 2 is 1.94 bits per heavy atom. The summed E-state index contributed by atoms with van der Waals surface area (Å²) in [6.07, 6.45) is 6.58. The van der Waals surface area contributed by atoms with Crippen molar-refractivity contribution in [3.63, 3.8) is 0 Å². The molecule has 1 fully saturated rings. The third-order valence-electron chi connectivity index (χ3n) is 4.66. The number of benzene rings is 1. The molecule has 0 saturated heterocycles. The van der Waals surface area contributed by atoms with Crippen LogP contribution >= 0.6 is 15.9 Å². The van der Waals surface area contributed by atoms with Gasteiger partial charge in [-0.05, 0) is 36.8 Å². The van der Waals surface area contributed by atoms with Gasteiger partial charge in [-0.2, -0.15) is 0 Å². The zero-order chi connectivity index (χ0) is 13.2. The molecule has 1 aromatic rings. The third-order valence-corrected chi connectivity index (χ3v) is 5.35.